The first-order valence-electron chi connectivity index (χ1n) is 12.6. The first-order chi connectivity index (χ1) is 17.1. The third kappa shape index (κ3) is 6.10. The zero-order chi connectivity index (χ0) is 24.6. The van der Waals surface area contributed by atoms with Gasteiger partial charge < -0.3 is 15.1 Å². The van der Waals surface area contributed by atoms with Crippen LogP contribution < -0.4 is 10.2 Å². The molecule has 1 aliphatic heterocycles. The standard InChI is InChI=1S/C30H35N3O2/c1-3-26(24-14-8-5-9-15-24)29(34)31-25-18-20-33(21-19-25)28-17-11-10-16-27(28)30(35)32(2)22-23-12-6-4-7-13-23/h4-17,25-26H,3,18-22H2,1-2H3,(H,31,34)/t26-/m1/s1. The van der Waals surface area contributed by atoms with Gasteiger partial charge in [-0.3, -0.25) is 9.59 Å². The fourth-order valence-corrected chi connectivity index (χ4v) is 4.89. The maximum absolute atomic E-state index is 13.3. The predicted octanol–water partition coefficient (Wildman–Crippen LogP) is 5.24. The number of rotatable bonds is 8. The molecule has 1 fully saturated rings. The van der Waals surface area contributed by atoms with E-state index in [0.29, 0.717) is 6.54 Å². The minimum atomic E-state index is -0.118. The van der Waals surface area contributed by atoms with Crippen molar-refractivity contribution < 1.29 is 9.59 Å². The Bertz CT molecular complexity index is 1110. The number of carbonyl (C=O) groups is 2. The van der Waals surface area contributed by atoms with Gasteiger partial charge in [0.05, 0.1) is 11.5 Å². The lowest BCUT2D eigenvalue weighted by molar-refractivity contribution is -0.123. The largest absolute Gasteiger partial charge is 0.371 e. The summed E-state index contributed by atoms with van der Waals surface area (Å²) in [5.74, 6) is 0.0107. The number of benzene rings is 3. The number of carbonyl (C=O) groups excluding carboxylic acids is 2. The SMILES string of the molecule is CC[C@@H](C(=O)NC1CCN(c2ccccc2C(=O)N(C)Cc2ccccc2)CC1)c1ccccc1. The fourth-order valence-electron chi connectivity index (χ4n) is 4.89. The molecule has 0 aliphatic carbocycles. The van der Waals surface area contributed by atoms with Gasteiger partial charge in [0.2, 0.25) is 5.91 Å². The van der Waals surface area contributed by atoms with Gasteiger partial charge in [0, 0.05) is 38.4 Å². The van der Waals surface area contributed by atoms with Crippen molar-refractivity contribution >= 4 is 17.5 Å². The van der Waals surface area contributed by atoms with Crippen molar-refractivity contribution in [1.29, 1.82) is 0 Å². The van der Waals surface area contributed by atoms with Crippen LogP contribution in [0.3, 0.4) is 0 Å². The first kappa shape index (κ1) is 24.5. The van der Waals surface area contributed by atoms with Crippen molar-refractivity contribution in [2.24, 2.45) is 0 Å². The summed E-state index contributed by atoms with van der Waals surface area (Å²) >= 11 is 0. The average molecular weight is 470 g/mol. The van der Waals surface area contributed by atoms with Crippen molar-refractivity contribution in [2.45, 2.75) is 44.7 Å². The minimum Gasteiger partial charge on any atom is -0.371 e. The number of piperidine rings is 1. The quantitative estimate of drug-likeness (QED) is 0.491. The van der Waals surface area contributed by atoms with Crippen molar-refractivity contribution in [3.05, 3.63) is 102 Å². The van der Waals surface area contributed by atoms with E-state index in [0.717, 1.165) is 54.7 Å². The monoisotopic (exact) mass is 469 g/mol. The molecule has 0 unspecified atom stereocenters. The molecule has 0 radical (unpaired) electrons. The summed E-state index contributed by atoms with van der Waals surface area (Å²) in [5.41, 5.74) is 3.87. The molecule has 3 aromatic carbocycles. The molecule has 5 nitrogen and oxygen atoms in total. The summed E-state index contributed by atoms with van der Waals surface area (Å²) in [4.78, 5) is 30.3. The van der Waals surface area contributed by atoms with Crippen LogP contribution in [0.2, 0.25) is 0 Å². The van der Waals surface area contributed by atoms with Gasteiger partial charge >= 0.3 is 0 Å². The molecular weight excluding hydrogens is 434 g/mol. The lowest BCUT2D eigenvalue weighted by atomic mass is 9.94. The van der Waals surface area contributed by atoms with Crippen molar-refractivity contribution in [1.82, 2.24) is 10.2 Å². The van der Waals surface area contributed by atoms with Crippen LogP contribution in [0, 0.1) is 0 Å². The van der Waals surface area contributed by atoms with E-state index in [9.17, 15) is 9.59 Å². The molecule has 1 N–H and O–H groups in total. The Balaban J connectivity index is 1.37. The Morgan fingerprint density at radius 3 is 2.17 bits per heavy atom. The zero-order valence-corrected chi connectivity index (χ0v) is 20.7. The maximum atomic E-state index is 13.3. The van der Waals surface area contributed by atoms with Crippen LogP contribution in [0.25, 0.3) is 0 Å². The van der Waals surface area contributed by atoms with Gasteiger partial charge in [0.1, 0.15) is 0 Å². The van der Waals surface area contributed by atoms with Crippen LogP contribution in [-0.4, -0.2) is 42.9 Å². The number of anilines is 1. The summed E-state index contributed by atoms with van der Waals surface area (Å²) in [5, 5.41) is 3.28. The second-order valence-corrected chi connectivity index (χ2v) is 9.31. The number of hydrogen-bond acceptors (Lipinski definition) is 3. The van der Waals surface area contributed by atoms with E-state index in [1.807, 2.05) is 92.0 Å². The number of nitrogens with zero attached hydrogens (tertiary/aromatic N) is 2. The molecule has 0 saturated carbocycles. The van der Waals surface area contributed by atoms with E-state index in [1.54, 1.807) is 4.90 Å². The second-order valence-electron chi connectivity index (χ2n) is 9.31. The van der Waals surface area contributed by atoms with Gasteiger partial charge in [-0.1, -0.05) is 79.7 Å². The van der Waals surface area contributed by atoms with Gasteiger partial charge in [0.15, 0.2) is 0 Å². The molecule has 1 heterocycles. The van der Waals surface area contributed by atoms with Crippen LogP contribution >= 0.6 is 0 Å². The van der Waals surface area contributed by atoms with Crippen LogP contribution in [0.5, 0.6) is 0 Å². The third-order valence-corrected chi connectivity index (χ3v) is 6.85. The molecule has 182 valence electrons. The zero-order valence-electron chi connectivity index (χ0n) is 20.7. The smallest absolute Gasteiger partial charge is 0.256 e. The Morgan fingerprint density at radius 1 is 0.914 bits per heavy atom. The van der Waals surface area contributed by atoms with E-state index in [4.69, 9.17) is 0 Å². The summed E-state index contributed by atoms with van der Waals surface area (Å²) in [6, 6.07) is 28.1. The molecule has 3 aromatic rings. The predicted molar refractivity (Wildman–Crippen MR) is 142 cm³/mol. The average Bonchev–Trinajstić information content (AvgIpc) is 2.90. The van der Waals surface area contributed by atoms with Crippen molar-refractivity contribution in [2.75, 3.05) is 25.0 Å². The van der Waals surface area contributed by atoms with Crippen LogP contribution in [-0.2, 0) is 11.3 Å². The first-order valence-corrected chi connectivity index (χ1v) is 12.6. The van der Waals surface area contributed by atoms with E-state index >= 15 is 0 Å². The van der Waals surface area contributed by atoms with Gasteiger partial charge in [0.25, 0.3) is 5.91 Å². The molecule has 1 aliphatic rings. The molecule has 0 aromatic heterocycles. The number of amides is 2. The Labute approximate surface area is 208 Å². The highest BCUT2D eigenvalue weighted by Gasteiger charge is 2.27. The third-order valence-electron chi connectivity index (χ3n) is 6.85. The van der Waals surface area contributed by atoms with Crippen molar-refractivity contribution in [3.8, 4) is 0 Å². The lowest BCUT2D eigenvalue weighted by Crippen LogP contribution is -2.46. The van der Waals surface area contributed by atoms with Crippen LogP contribution in [0.4, 0.5) is 5.69 Å². The van der Waals surface area contributed by atoms with E-state index in [2.05, 4.69) is 17.1 Å². The highest BCUT2D eigenvalue weighted by atomic mass is 16.2. The van der Waals surface area contributed by atoms with Crippen LogP contribution in [0.15, 0.2) is 84.9 Å². The van der Waals surface area contributed by atoms with Gasteiger partial charge in [-0.2, -0.15) is 0 Å². The summed E-state index contributed by atoms with van der Waals surface area (Å²) in [6.07, 6.45) is 2.50. The Kier molecular flexibility index (Phi) is 8.19. The number of hydrogen-bond donors (Lipinski definition) is 1. The maximum Gasteiger partial charge on any atom is 0.256 e. The summed E-state index contributed by atoms with van der Waals surface area (Å²) in [7, 11) is 1.85. The van der Waals surface area contributed by atoms with E-state index < -0.39 is 0 Å². The molecule has 2 amide bonds. The molecule has 0 spiro atoms. The normalized spacial score (nSPS) is 14.9. The van der Waals surface area contributed by atoms with Crippen molar-refractivity contribution in [3.63, 3.8) is 0 Å². The molecule has 1 saturated heterocycles. The van der Waals surface area contributed by atoms with Gasteiger partial charge in [-0.25, -0.2) is 0 Å². The van der Waals surface area contributed by atoms with E-state index in [-0.39, 0.29) is 23.8 Å². The fraction of sp³-hybridized carbons (Fsp3) is 0.333. The van der Waals surface area contributed by atoms with E-state index in [1.165, 1.54) is 0 Å². The second kappa shape index (κ2) is 11.7. The van der Waals surface area contributed by atoms with Crippen LogP contribution in [0.1, 0.15) is 53.6 Å². The molecular formula is C30H35N3O2. The number of para-hydroxylation sites is 1. The molecule has 0 bridgehead atoms. The molecule has 1 atom stereocenters. The summed E-state index contributed by atoms with van der Waals surface area (Å²) in [6.45, 7) is 4.24. The van der Waals surface area contributed by atoms with Gasteiger partial charge in [-0.15, -0.1) is 0 Å². The minimum absolute atomic E-state index is 0.0218. The molecule has 4 rings (SSSR count). The summed E-state index contributed by atoms with van der Waals surface area (Å²) < 4.78 is 0. The van der Waals surface area contributed by atoms with Gasteiger partial charge in [-0.05, 0) is 42.5 Å². The topological polar surface area (TPSA) is 52.7 Å². The highest BCUT2D eigenvalue weighted by Crippen LogP contribution is 2.26. The lowest BCUT2D eigenvalue weighted by Gasteiger charge is -2.35. The molecule has 5 heteroatoms. The Morgan fingerprint density at radius 2 is 1.51 bits per heavy atom. The Hall–Kier alpha value is -3.60. The molecule has 35 heavy (non-hydrogen) atoms. The number of nitrogens with one attached hydrogen (secondary N) is 1. The highest BCUT2D eigenvalue weighted by molar-refractivity contribution is 5.99.